The highest BCUT2D eigenvalue weighted by Gasteiger charge is 2.15. The van der Waals surface area contributed by atoms with Crippen LogP contribution in [0.2, 0.25) is 0 Å². The van der Waals surface area contributed by atoms with Gasteiger partial charge >= 0.3 is 0 Å². The second-order valence-corrected chi connectivity index (χ2v) is 9.21. The number of hydrogen-bond acceptors (Lipinski definition) is 5. The molecule has 0 bridgehead atoms. The summed E-state index contributed by atoms with van der Waals surface area (Å²) in [5, 5.41) is 4.21. The number of halogens is 1. The summed E-state index contributed by atoms with van der Waals surface area (Å²) in [6, 6.07) is 13.2. The largest absolute Gasteiger partial charge is 0.365 e. The van der Waals surface area contributed by atoms with Gasteiger partial charge in [0.1, 0.15) is 12.1 Å². The predicted octanol–water partition coefficient (Wildman–Crippen LogP) is 3.83. The summed E-state index contributed by atoms with van der Waals surface area (Å²) < 4.78 is 28.2. The van der Waals surface area contributed by atoms with Crippen LogP contribution in [0.15, 0.2) is 53.3 Å². The number of anilines is 1. The molecule has 1 aromatic heterocycles. The maximum absolute atomic E-state index is 12.3. The van der Waals surface area contributed by atoms with E-state index in [1.54, 1.807) is 0 Å². The highest BCUT2D eigenvalue weighted by molar-refractivity contribution is 9.10. The van der Waals surface area contributed by atoms with Crippen molar-refractivity contribution in [3.63, 3.8) is 0 Å². The van der Waals surface area contributed by atoms with Crippen LogP contribution in [0.25, 0.3) is 10.9 Å². The van der Waals surface area contributed by atoms with Crippen molar-refractivity contribution < 1.29 is 8.42 Å². The van der Waals surface area contributed by atoms with Crippen molar-refractivity contribution in [1.82, 2.24) is 14.7 Å². The van der Waals surface area contributed by atoms with Crippen LogP contribution >= 0.6 is 15.9 Å². The molecule has 0 aliphatic heterocycles. The standard InChI is InChI=1S/C19H21BrN4O2S/c1-13(2)24-27(25,26)11-15-6-4-3-5-14(15)10-21-19-17-9-16(20)7-8-18(17)22-12-23-19/h3-9,12-13,24H,10-11H2,1-2H3,(H,21,22,23). The zero-order valence-electron chi connectivity index (χ0n) is 15.1. The van der Waals surface area contributed by atoms with Crippen LogP contribution in [0.4, 0.5) is 5.82 Å². The molecule has 3 rings (SSSR count). The minimum absolute atomic E-state index is 0.0564. The van der Waals surface area contributed by atoms with Gasteiger partial charge in [-0.05, 0) is 43.2 Å². The number of sulfonamides is 1. The molecule has 142 valence electrons. The Morgan fingerprint density at radius 2 is 1.81 bits per heavy atom. The van der Waals surface area contributed by atoms with Crippen LogP contribution in [0.3, 0.4) is 0 Å². The minimum Gasteiger partial charge on any atom is -0.365 e. The van der Waals surface area contributed by atoms with Gasteiger partial charge in [-0.15, -0.1) is 0 Å². The Morgan fingerprint density at radius 1 is 1.07 bits per heavy atom. The van der Waals surface area contributed by atoms with Gasteiger partial charge in [0.25, 0.3) is 0 Å². The Kier molecular flexibility index (Phi) is 6.08. The van der Waals surface area contributed by atoms with Crippen molar-refractivity contribution in [1.29, 1.82) is 0 Å². The number of fused-ring (bicyclic) bond motifs is 1. The van der Waals surface area contributed by atoms with Crippen LogP contribution in [-0.2, 0) is 22.3 Å². The summed E-state index contributed by atoms with van der Waals surface area (Å²) in [6.45, 7) is 4.08. The van der Waals surface area contributed by atoms with Gasteiger partial charge in [0.05, 0.1) is 11.3 Å². The normalized spacial score (nSPS) is 11.9. The first-order valence-corrected chi connectivity index (χ1v) is 11.0. The van der Waals surface area contributed by atoms with Gasteiger partial charge in [-0.25, -0.2) is 23.1 Å². The van der Waals surface area contributed by atoms with Gasteiger partial charge in [-0.2, -0.15) is 0 Å². The Balaban J connectivity index is 1.83. The molecule has 0 unspecified atom stereocenters. The van der Waals surface area contributed by atoms with Crippen molar-refractivity contribution in [3.05, 3.63) is 64.4 Å². The molecular formula is C19H21BrN4O2S. The fourth-order valence-corrected chi connectivity index (χ4v) is 4.68. The number of nitrogens with one attached hydrogen (secondary N) is 2. The molecule has 0 saturated heterocycles. The molecular weight excluding hydrogens is 428 g/mol. The van der Waals surface area contributed by atoms with Gasteiger partial charge < -0.3 is 5.32 Å². The zero-order valence-corrected chi connectivity index (χ0v) is 17.5. The maximum Gasteiger partial charge on any atom is 0.216 e. The molecule has 2 aromatic carbocycles. The lowest BCUT2D eigenvalue weighted by Gasteiger charge is -2.14. The summed E-state index contributed by atoms with van der Waals surface area (Å²) in [4.78, 5) is 8.61. The van der Waals surface area contributed by atoms with Crippen molar-refractivity contribution in [2.24, 2.45) is 0 Å². The number of nitrogens with zero attached hydrogens (tertiary/aromatic N) is 2. The van der Waals surface area contributed by atoms with Gasteiger partial charge in [0.2, 0.25) is 10.0 Å². The van der Waals surface area contributed by atoms with E-state index in [0.29, 0.717) is 12.4 Å². The van der Waals surface area contributed by atoms with E-state index in [1.807, 2.05) is 56.3 Å². The lowest BCUT2D eigenvalue weighted by atomic mass is 10.1. The molecule has 0 spiro atoms. The summed E-state index contributed by atoms with van der Waals surface area (Å²) in [6.07, 6.45) is 1.52. The highest BCUT2D eigenvalue weighted by Crippen LogP contribution is 2.24. The topological polar surface area (TPSA) is 84.0 Å². The first kappa shape index (κ1) is 19.7. The molecule has 1 heterocycles. The molecule has 0 aliphatic rings. The predicted molar refractivity (Wildman–Crippen MR) is 112 cm³/mol. The number of hydrogen-bond donors (Lipinski definition) is 2. The SMILES string of the molecule is CC(C)NS(=O)(=O)Cc1ccccc1CNc1ncnc2ccc(Br)cc12. The van der Waals surface area contributed by atoms with Gasteiger partial charge in [-0.3, -0.25) is 0 Å². The van der Waals surface area contributed by atoms with Crippen molar-refractivity contribution in [2.75, 3.05) is 5.32 Å². The third-order valence-corrected chi connectivity index (χ3v) is 5.94. The third-order valence-electron chi connectivity index (χ3n) is 3.92. The van der Waals surface area contributed by atoms with Crippen molar-refractivity contribution >= 4 is 42.7 Å². The lowest BCUT2D eigenvalue weighted by molar-refractivity contribution is 0.569. The van der Waals surface area contributed by atoms with E-state index >= 15 is 0 Å². The number of rotatable bonds is 7. The molecule has 0 radical (unpaired) electrons. The molecule has 0 saturated carbocycles. The van der Waals surface area contributed by atoms with Gasteiger partial charge in [-0.1, -0.05) is 40.2 Å². The average molecular weight is 449 g/mol. The first-order chi connectivity index (χ1) is 12.8. The molecule has 0 aliphatic carbocycles. The monoisotopic (exact) mass is 448 g/mol. The second kappa shape index (κ2) is 8.33. The fourth-order valence-electron chi connectivity index (χ4n) is 2.82. The van der Waals surface area contributed by atoms with Gasteiger partial charge in [0.15, 0.2) is 0 Å². The lowest BCUT2D eigenvalue weighted by Crippen LogP contribution is -2.31. The van der Waals surface area contributed by atoms with Crippen LogP contribution in [0, 0.1) is 0 Å². The van der Waals surface area contributed by atoms with Crippen LogP contribution in [0.5, 0.6) is 0 Å². The van der Waals surface area contributed by atoms with Crippen molar-refractivity contribution in [3.8, 4) is 0 Å². The van der Waals surface area contributed by atoms with E-state index in [2.05, 4.69) is 35.9 Å². The summed E-state index contributed by atoms with van der Waals surface area (Å²) in [5.41, 5.74) is 2.51. The van der Waals surface area contributed by atoms with E-state index in [-0.39, 0.29) is 11.8 Å². The Bertz CT molecular complexity index is 1050. The van der Waals surface area contributed by atoms with Crippen LogP contribution in [0.1, 0.15) is 25.0 Å². The molecule has 2 N–H and O–H groups in total. The molecule has 8 heteroatoms. The summed E-state index contributed by atoms with van der Waals surface area (Å²) in [5.74, 6) is 0.651. The Morgan fingerprint density at radius 3 is 2.56 bits per heavy atom. The highest BCUT2D eigenvalue weighted by atomic mass is 79.9. The summed E-state index contributed by atoms with van der Waals surface area (Å²) >= 11 is 3.47. The second-order valence-electron chi connectivity index (χ2n) is 6.54. The van der Waals surface area contributed by atoms with E-state index < -0.39 is 10.0 Å². The maximum atomic E-state index is 12.3. The summed E-state index contributed by atoms with van der Waals surface area (Å²) in [7, 11) is -3.39. The molecule has 27 heavy (non-hydrogen) atoms. The van der Waals surface area contributed by atoms with Crippen molar-refractivity contribution in [2.45, 2.75) is 32.2 Å². The Hall–Kier alpha value is -2.03. The molecule has 0 fully saturated rings. The number of benzene rings is 2. The number of aromatic nitrogens is 2. The molecule has 0 amide bonds. The van der Waals surface area contributed by atoms with E-state index in [9.17, 15) is 8.42 Å². The van der Waals surface area contributed by atoms with E-state index in [4.69, 9.17) is 0 Å². The molecule has 0 atom stereocenters. The third kappa shape index (κ3) is 5.24. The van der Waals surface area contributed by atoms with Crippen LogP contribution in [-0.4, -0.2) is 24.4 Å². The first-order valence-electron chi connectivity index (χ1n) is 8.55. The van der Waals surface area contributed by atoms with Crippen LogP contribution < -0.4 is 10.0 Å². The van der Waals surface area contributed by atoms with E-state index in [1.165, 1.54) is 6.33 Å². The zero-order chi connectivity index (χ0) is 19.4. The molecule has 6 nitrogen and oxygen atoms in total. The Labute approximate surface area is 167 Å². The van der Waals surface area contributed by atoms with Gasteiger partial charge in [0, 0.05) is 22.4 Å². The molecule has 3 aromatic rings. The van der Waals surface area contributed by atoms with E-state index in [0.717, 1.165) is 26.5 Å². The fraction of sp³-hybridized carbons (Fsp3) is 0.263. The smallest absolute Gasteiger partial charge is 0.216 e. The quantitative estimate of drug-likeness (QED) is 0.573. The average Bonchev–Trinajstić information content (AvgIpc) is 2.59. The minimum atomic E-state index is -3.39.